The minimum atomic E-state index is 0. The molecule has 0 saturated carbocycles. The molecule has 0 aliphatic rings. The van der Waals surface area contributed by atoms with Crippen LogP contribution in [-0.2, 0) is 19.5 Å². The summed E-state index contributed by atoms with van der Waals surface area (Å²) in [5.41, 5.74) is 0. The molecule has 0 aromatic carbocycles. The Morgan fingerprint density at radius 2 is 0.571 bits per heavy atom. The molecule has 0 heterocycles. The molecule has 0 bridgehead atoms. The Morgan fingerprint density at radius 3 is 0.571 bits per heavy atom. The van der Waals surface area contributed by atoms with E-state index in [2.05, 4.69) is 27.7 Å². The summed E-state index contributed by atoms with van der Waals surface area (Å²) in [4.78, 5) is 0. The maximum atomic E-state index is 3.49. The quantitative estimate of drug-likeness (QED) is 0.453. The van der Waals surface area contributed by atoms with Crippen molar-refractivity contribution in [3.8, 4) is 0 Å². The van der Waals surface area contributed by atoms with Crippen molar-refractivity contribution in [1.82, 2.24) is 0 Å². The molecule has 0 saturated heterocycles. The van der Waals surface area contributed by atoms with Crippen LogP contribution in [0.25, 0.3) is 0 Å². The third-order valence-electron chi connectivity index (χ3n) is 0. The van der Waals surface area contributed by atoms with Crippen LogP contribution >= 0.6 is 0 Å². The average molecular weight is 325 g/mol. The van der Waals surface area contributed by atoms with Gasteiger partial charge < -0.3 is 27.7 Å². The average Bonchev–Trinajstić information content (AvgIpc) is 1.92. The molecule has 84 valence electrons. The van der Waals surface area contributed by atoms with Gasteiger partial charge in [0.2, 0.25) is 0 Å². The molecular weight excluding hydrogens is 297 g/mol. The van der Waals surface area contributed by atoms with Crippen molar-refractivity contribution in [3.05, 3.63) is 27.7 Å². The fourth-order valence-corrected chi connectivity index (χ4v) is 0. The van der Waals surface area contributed by atoms with Gasteiger partial charge >= 0.3 is 0 Å². The Morgan fingerprint density at radius 1 is 0.571 bits per heavy atom. The molecule has 0 spiro atoms. The van der Waals surface area contributed by atoms with Crippen LogP contribution in [0, 0.1) is 27.7 Å². The first kappa shape index (κ1) is 36.0. The second kappa shape index (κ2) is 80.6. The predicted molar refractivity (Wildman–Crippen MR) is 68.3 cm³/mol. The van der Waals surface area contributed by atoms with Gasteiger partial charge in [-0.2, -0.15) is 25.7 Å². The van der Waals surface area contributed by atoms with Crippen LogP contribution in [-0.4, -0.2) is 45.5 Å². The van der Waals surface area contributed by atoms with Gasteiger partial charge in [-0.25, -0.2) is 0 Å². The maximum absolute atomic E-state index is 3.49. The van der Waals surface area contributed by atoms with E-state index in [9.17, 15) is 0 Å². The largest absolute Gasteiger partial charge is 0.344 e. The first-order valence-corrected chi connectivity index (χ1v) is 4.83. The first-order valence-electron chi connectivity index (χ1n) is 4.83. The Kier molecular flexibility index (Phi) is 207. The molecule has 0 aromatic heterocycles. The van der Waals surface area contributed by atoms with Gasteiger partial charge in [0.05, 0.1) is 0 Å². The van der Waals surface area contributed by atoms with Gasteiger partial charge in [-0.05, 0) is 0 Å². The Labute approximate surface area is 144 Å². The van der Waals surface area contributed by atoms with Crippen molar-refractivity contribution in [2.75, 3.05) is 0 Å². The van der Waals surface area contributed by atoms with Crippen LogP contribution in [0.2, 0.25) is 0 Å². The van der Waals surface area contributed by atoms with E-state index in [0.29, 0.717) is 0 Å². The van der Waals surface area contributed by atoms with E-state index in [1.165, 1.54) is 0 Å². The van der Waals surface area contributed by atoms with Gasteiger partial charge in [0.25, 0.3) is 0 Å². The zero-order valence-electron chi connectivity index (χ0n) is 11.1. The van der Waals surface area contributed by atoms with Crippen molar-refractivity contribution < 1.29 is 19.5 Å². The van der Waals surface area contributed by atoms with E-state index in [0.717, 1.165) is 25.7 Å². The third-order valence-corrected chi connectivity index (χ3v) is 0. The summed E-state index contributed by atoms with van der Waals surface area (Å²) in [6.07, 6.45) is 4.00. The second-order valence-corrected chi connectivity index (χ2v) is 2.00. The molecule has 0 unspecified atom stereocenters. The number of hydrogen-bond acceptors (Lipinski definition) is 0. The van der Waals surface area contributed by atoms with Gasteiger partial charge in [-0.15, -0.1) is 0 Å². The smallest absolute Gasteiger partial charge is 0 e. The van der Waals surface area contributed by atoms with Crippen molar-refractivity contribution in [2.45, 2.75) is 53.4 Å². The summed E-state index contributed by atoms with van der Waals surface area (Å²) < 4.78 is 0. The molecular formula is C12H28SrZn-4. The zero-order chi connectivity index (χ0) is 10.8. The van der Waals surface area contributed by atoms with E-state index in [1.54, 1.807) is 0 Å². The minimum Gasteiger partial charge on any atom is -0.344 e. The van der Waals surface area contributed by atoms with Crippen LogP contribution in [0.3, 0.4) is 0 Å². The van der Waals surface area contributed by atoms with Gasteiger partial charge in [-0.3, -0.25) is 0 Å². The molecule has 2 heteroatoms. The molecule has 0 nitrogen and oxygen atoms in total. The van der Waals surface area contributed by atoms with Gasteiger partial charge in [0, 0.05) is 65.0 Å². The summed E-state index contributed by atoms with van der Waals surface area (Å²) in [6, 6.07) is 0. The van der Waals surface area contributed by atoms with Gasteiger partial charge in [0.15, 0.2) is 0 Å². The second-order valence-electron chi connectivity index (χ2n) is 2.00. The van der Waals surface area contributed by atoms with Crippen LogP contribution < -0.4 is 0 Å². The minimum absolute atomic E-state index is 0. The molecule has 0 aromatic rings. The number of rotatable bonds is 0. The van der Waals surface area contributed by atoms with Crippen molar-refractivity contribution >= 4 is 45.5 Å². The summed E-state index contributed by atoms with van der Waals surface area (Å²) in [5.74, 6) is 0. The summed E-state index contributed by atoms with van der Waals surface area (Å²) in [5, 5.41) is 0. The molecule has 0 N–H and O–H groups in total. The third kappa shape index (κ3) is 547. The van der Waals surface area contributed by atoms with Crippen molar-refractivity contribution in [3.63, 3.8) is 0 Å². The SMILES string of the molecule is [CH2-]CC.[CH2-]CC.[CH2-]CC.[CH2-]CC.[Sr].[Zn]. The predicted octanol–water partition coefficient (Wildman–Crippen LogP) is 4.54. The maximum Gasteiger partial charge on any atom is 0 e. The van der Waals surface area contributed by atoms with E-state index in [4.69, 9.17) is 0 Å². The molecule has 0 aliphatic heterocycles. The molecule has 14 heavy (non-hydrogen) atoms. The number of hydrogen-bond donors (Lipinski definition) is 0. The topological polar surface area (TPSA) is 0 Å². The van der Waals surface area contributed by atoms with E-state index in [1.807, 2.05) is 27.7 Å². The normalized spacial score (nSPS) is 5.14. The molecule has 0 aliphatic carbocycles. The summed E-state index contributed by atoms with van der Waals surface area (Å²) >= 11 is 0. The molecule has 2 radical (unpaired) electrons. The van der Waals surface area contributed by atoms with Crippen LogP contribution in [0.15, 0.2) is 0 Å². The fourth-order valence-electron chi connectivity index (χ4n) is 0. The Hall–Kier alpha value is 2.10. The van der Waals surface area contributed by atoms with E-state index < -0.39 is 0 Å². The zero-order valence-corrected chi connectivity index (χ0v) is 17.5. The van der Waals surface area contributed by atoms with Gasteiger partial charge in [-0.1, -0.05) is 27.7 Å². The molecule has 0 rings (SSSR count). The van der Waals surface area contributed by atoms with E-state index >= 15 is 0 Å². The van der Waals surface area contributed by atoms with Crippen LogP contribution in [0.5, 0.6) is 0 Å². The monoisotopic (exact) mass is 324 g/mol. The van der Waals surface area contributed by atoms with Crippen molar-refractivity contribution in [2.24, 2.45) is 0 Å². The molecule has 0 amide bonds. The Bertz CT molecular complexity index is 18.3. The van der Waals surface area contributed by atoms with Crippen LogP contribution in [0.4, 0.5) is 0 Å². The summed E-state index contributed by atoms with van der Waals surface area (Å²) in [7, 11) is 0. The van der Waals surface area contributed by atoms with Crippen LogP contribution in [0.1, 0.15) is 53.4 Å². The first-order chi connectivity index (χ1) is 5.66. The van der Waals surface area contributed by atoms with E-state index in [-0.39, 0.29) is 65.0 Å². The summed E-state index contributed by atoms with van der Waals surface area (Å²) in [6.45, 7) is 22.0. The van der Waals surface area contributed by atoms with Crippen molar-refractivity contribution in [1.29, 1.82) is 0 Å². The standard InChI is InChI=1S/4C3H7.Sr.Zn/c4*1-3-2;;/h4*1,3H2,2H3;;/q4*-1;;. The molecule has 0 fully saturated rings. The molecule has 0 atom stereocenters. The van der Waals surface area contributed by atoms with Gasteiger partial charge in [0.1, 0.15) is 0 Å². The Balaban J connectivity index is -0.0000000145. The fraction of sp³-hybridized carbons (Fsp3) is 0.667.